The van der Waals surface area contributed by atoms with Gasteiger partial charge in [0.1, 0.15) is 5.82 Å². The lowest BCUT2D eigenvalue weighted by molar-refractivity contribution is 0.0777. The first-order chi connectivity index (χ1) is 7.44. The lowest BCUT2D eigenvalue weighted by atomic mass is 10.0. The van der Waals surface area contributed by atoms with Crippen molar-refractivity contribution in [1.29, 1.82) is 0 Å². The summed E-state index contributed by atoms with van der Waals surface area (Å²) >= 11 is 5.65. The van der Waals surface area contributed by atoms with Crippen LogP contribution in [0.5, 0.6) is 0 Å². The van der Waals surface area contributed by atoms with E-state index >= 15 is 0 Å². The first kappa shape index (κ1) is 13.4. The van der Waals surface area contributed by atoms with E-state index in [1.54, 1.807) is 12.1 Å². The molecule has 0 saturated heterocycles. The molecule has 90 valence electrons. The molecule has 0 fully saturated rings. The third-order valence-corrected chi connectivity index (χ3v) is 2.78. The van der Waals surface area contributed by atoms with E-state index in [4.69, 9.17) is 22.1 Å². The highest BCUT2D eigenvalue weighted by molar-refractivity contribution is 6.30. The SMILES string of the molecule is CCC(C)(N)COCc1ccc(F)c(Cl)c1. The zero-order valence-electron chi connectivity index (χ0n) is 9.59. The maximum atomic E-state index is 12.9. The van der Waals surface area contributed by atoms with E-state index in [0.29, 0.717) is 13.2 Å². The quantitative estimate of drug-likeness (QED) is 0.865. The zero-order valence-corrected chi connectivity index (χ0v) is 10.4. The van der Waals surface area contributed by atoms with Gasteiger partial charge in [0.2, 0.25) is 0 Å². The summed E-state index contributed by atoms with van der Waals surface area (Å²) in [6.07, 6.45) is 0.844. The van der Waals surface area contributed by atoms with Gasteiger partial charge in [0.05, 0.1) is 18.2 Å². The van der Waals surface area contributed by atoms with Crippen LogP contribution in [0.1, 0.15) is 25.8 Å². The summed E-state index contributed by atoms with van der Waals surface area (Å²) in [6, 6.07) is 4.56. The molecule has 0 heterocycles. The molecule has 4 heteroatoms. The van der Waals surface area contributed by atoms with Gasteiger partial charge in [0.15, 0.2) is 0 Å². The molecule has 2 N–H and O–H groups in total. The van der Waals surface area contributed by atoms with Crippen molar-refractivity contribution in [3.05, 3.63) is 34.6 Å². The minimum absolute atomic E-state index is 0.118. The minimum Gasteiger partial charge on any atom is -0.375 e. The summed E-state index contributed by atoms with van der Waals surface area (Å²) in [5, 5.41) is 0.118. The number of hydrogen-bond donors (Lipinski definition) is 1. The van der Waals surface area contributed by atoms with Gasteiger partial charge in [-0.1, -0.05) is 24.6 Å². The normalized spacial score (nSPS) is 14.8. The van der Waals surface area contributed by atoms with Crippen molar-refractivity contribution in [2.75, 3.05) is 6.61 Å². The second kappa shape index (κ2) is 5.62. The maximum Gasteiger partial charge on any atom is 0.141 e. The van der Waals surface area contributed by atoms with Crippen LogP contribution in [0.15, 0.2) is 18.2 Å². The van der Waals surface area contributed by atoms with Crippen molar-refractivity contribution in [2.24, 2.45) is 5.73 Å². The molecule has 1 aromatic rings. The Morgan fingerprint density at radius 2 is 2.19 bits per heavy atom. The van der Waals surface area contributed by atoms with Gasteiger partial charge in [-0.2, -0.15) is 0 Å². The van der Waals surface area contributed by atoms with Crippen LogP contribution in [0.3, 0.4) is 0 Å². The van der Waals surface area contributed by atoms with Crippen molar-refractivity contribution < 1.29 is 9.13 Å². The van der Waals surface area contributed by atoms with Crippen molar-refractivity contribution in [3.8, 4) is 0 Å². The van der Waals surface area contributed by atoms with Crippen LogP contribution < -0.4 is 5.73 Å². The van der Waals surface area contributed by atoms with E-state index in [1.165, 1.54) is 6.07 Å². The number of hydrogen-bond acceptors (Lipinski definition) is 2. The Bertz CT molecular complexity index is 355. The van der Waals surface area contributed by atoms with Crippen molar-refractivity contribution in [1.82, 2.24) is 0 Å². The Morgan fingerprint density at radius 3 is 2.75 bits per heavy atom. The zero-order chi connectivity index (χ0) is 12.2. The Balaban J connectivity index is 2.46. The minimum atomic E-state index is -0.414. The molecule has 16 heavy (non-hydrogen) atoms. The molecule has 0 radical (unpaired) electrons. The van der Waals surface area contributed by atoms with E-state index in [-0.39, 0.29) is 10.6 Å². The summed E-state index contributed by atoms with van der Waals surface area (Å²) in [7, 11) is 0. The second-order valence-electron chi connectivity index (χ2n) is 4.25. The van der Waals surface area contributed by atoms with E-state index in [0.717, 1.165) is 12.0 Å². The van der Waals surface area contributed by atoms with Gasteiger partial charge in [0.25, 0.3) is 0 Å². The van der Waals surface area contributed by atoms with Gasteiger partial charge in [-0.3, -0.25) is 0 Å². The topological polar surface area (TPSA) is 35.2 Å². The van der Waals surface area contributed by atoms with Crippen LogP contribution in [0.2, 0.25) is 5.02 Å². The third-order valence-electron chi connectivity index (χ3n) is 2.49. The fourth-order valence-corrected chi connectivity index (χ4v) is 1.34. The average Bonchev–Trinajstić information content (AvgIpc) is 2.23. The number of benzene rings is 1. The highest BCUT2D eigenvalue weighted by atomic mass is 35.5. The molecule has 1 atom stereocenters. The summed E-state index contributed by atoms with van der Waals surface area (Å²) < 4.78 is 18.3. The molecule has 0 aliphatic rings. The molecule has 0 bridgehead atoms. The largest absolute Gasteiger partial charge is 0.375 e. The van der Waals surface area contributed by atoms with Crippen LogP contribution in [0.4, 0.5) is 4.39 Å². The first-order valence-electron chi connectivity index (χ1n) is 5.25. The van der Waals surface area contributed by atoms with Crippen LogP contribution in [0, 0.1) is 5.82 Å². The smallest absolute Gasteiger partial charge is 0.141 e. The van der Waals surface area contributed by atoms with Gasteiger partial charge >= 0.3 is 0 Å². The summed E-state index contributed by atoms with van der Waals surface area (Å²) in [5.41, 5.74) is 6.45. The monoisotopic (exact) mass is 245 g/mol. The van der Waals surface area contributed by atoms with E-state index < -0.39 is 5.82 Å². The number of ether oxygens (including phenoxy) is 1. The molecule has 0 aliphatic heterocycles. The van der Waals surface area contributed by atoms with Crippen molar-refractivity contribution in [3.63, 3.8) is 0 Å². The fourth-order valence-electron chi connectivity index (χ4n) is 1.13. The molecular formula is C12H17ClFNO. The number of nitrogens with two attached hydrogens (primary N) is 1. The predicted molar refractivity (Wildman–Crippen MR) is 63.9 cm³/mol. The fraction of sp³-hybridized carbons (Fsp3) is 0.500. The lowest BCUT2D eigenvalue weighted by Crippen LogP contribution is -2.40. The van der Waals surface area contributed by atoms with Crippen LogP contribution in [0.25, 0.3) is 0 Å². The predicted octanol–water partition coefficient (Wildman–Crippen LogP) is 3.12. The molecule has 0 aliphatic carbocycles. The standard InChI is InChI=1S/C12H17ClFNO/c1-3-12(2,15)8-16-7-9-4-5-11(14)10(13)6-9/h4-6H,3,7-8,15H2,1-2H3. The Hall–Kier alpha value is -0.640. The van der Waals surface area contributed by atoms with Gasteiger partial charge in [-0.25, -0.2) is 4.39 Å². The lowest BCUT2D eigenvalue weighted by Gasteiger charge is -2.22. The van der Waals surface area contributed by atoms with Crippen LogP contribution in [-0.2, 0) is 11.3 Å². The van der Waals surface area contributed by atoms with Crippen LogP contribution in [-0.4, -0.2) is 12.1 Å². The molecule has 1 aromatic carbocycles. The highest BCUT2D eigenvalue weighted by Crippen LogP contribution is 2.17. The molecule has 0 spiro atoms. The van der Waals surface area contributed by atoms with Gasteiger partial charge < -0.3 is 10.5 Å². The Kier molecular flexibility index (Phi) is 4.71. The number of rotatable bonds is 5. The van der Waals surface area contributed by atoms with E-state index in [9.17, 15) is 4.39 Å². The molecule has 0 aromatic heterocycles. The number of halogens is 2. The Labute approximate surface area is 101 Å². The molecule has 2 nitrogen and oxygen atoms in total. The maximum absolute atomic E-state index is 12.9. The summed E-state index contributed by atoms with van der Waals surface area (Å²) in [4.78, 5) is 0. The van der Waals surface area contributed by atoms with Crippen molar-refractivity contribution in [2.45, 2.75) is 32.4 Å². The molecule has 1 unspecified atom stereocenters. The van der Waals surface area contributed by atoms with Gasteiger partial charge in [-0.15, -0.1) is 0 Å². The van der Waals surface area contributed by atoms with Gasteiger partial charge in [-0.05, 0) is 31.0 Å². The summed E-state index contributed by atoms with van der Waals surface area (Å²) in [5.74, 6) is -0.414. The summed E-state index contributed by atoms with van der Waals surface area (Å²) in [6.45, 7) is 4.81. The average molecular weight is 246 g/mol. The molecule has 0 saturated carbocycles. The first-order valence-corrected chi connectivity index (χ1v) is 5.63. The Morgan fingerprint density at radius 1 is 1.50 bits per heavy atom. The molecule has 1 rings (SSSR count). The van der Waals surface area contributed by atoms with E-state index in [1.807, 2.05) is 13.8 Å². The van der Waals surface area contributed by atoms with Crippen molar-refractivity contribution >= 4 is 11.6 Å². The molecule has 0 amide bonds. The second-order valence-corrected chi connectivity index (χ2v) is 4.66. The van der Waals surface area contributed by atoms with Gasteiger partial charge in [0, 0.05) is 5.54 Å². The molecular weight excluding hydrogens is 229 g/mol. The highest BCUT2D eigenvalue weighted by Gasteiger charge is 2.15. The third kappa shape index (κ3) is 4.08. The van der Waals surface area contributed by atoms with E-state index in [2.05, 4.69) is 0 Å². The van der Waals surface area contributed by atoms with Crippen LogP contribution >= 0.6 is 11.6 Å².